The Morgan fingerprint density at radius 2 is 2.25 bits per heavy atom. The molecule has 7 heteroatoms. The van der Waals surface area contributed by atoms with Crippen LogP contribution in [0.5, 0.6) is 5.75 Å². The lowest BCUT2D eigenvalue weighted by molar-refractivity contribution is -0.123. The van der Waals surface area contributed by atoms with Gasteiger partial charge in [0.15, 0.2) is 5.13 Å². The van der Waals surface area contributed by atoms with Crippen molar-refractivity contribution in [2.24, 2.45) is 5.92 Å². The number of nitrogens with zero attached hydrogens (tertiary/aromatic N) is 2. The predicted octanol–water partition coefficient (Wildman–Crippen LogP) is 3.45. The summed E-state index contributed by atoms with van der Waals surface area (Å²) in [5.41, 5.74) is 0.814. The van der Waals surface area contributed by atoms with Crippen LogP contribution in [-0.4, -0.2) is 37.1 Å². The topological polar surface area (TPSA) is 54.5 Å². The Bertz CT molecular complexity index is 775. The van der Waals surface area contributed by atoms with Crippen molar-refractivity contribution in [3.8, 4) is 5.75 Å². The van der Waals surface area contributed by atoms with Crippen molar-refractivity contribution < 1.29 is 9.53 Å². The minimum Gasteiger partial charge on any atom is -0.494 e. The number of piperidine rings is 1. The minimum atomic E-state index is 0.205. The smallest absolute Gasteiger partial charge is 0.223 e. The molecule has 1 saturated heterocycles. The summed E-state index contributed by atoms with van der Waals surface area (Å²) in [5, 5.41) is 4.84. The first-order chi connectivity index (χ1) is 11.7. The zero-order chi connectivity index (χ0) is 16.7. The van der Waals surface area contributed by atoms with Crippen molar-refractivity contribution in [1.82, 2.24) is 10.3 Å². The van der Waals surface area contributed by atoms with E-state index >= 15 is 0 Å². The Morgan fingerprint density at radius 1 is 1.42 bits per heavy atom. The molecule has 2 fully saturated rings. The summed E-state index contributed by atoms with van der Waals surface area (Å²) >= 11 is 7.91. The van der Waals surface area contributed by atoms with Crippen molar-refractivity contribution in [3.63, 3.8) is 0 Å². The third kappa shape index (κ3) is 3.05. The average molecular weight is 366 g/mol. The fourth-order valence-electron chi connectivity index (χ4n) is 3.17. The molecule has 2 aliphatic rings. The van der Waals surface area contributed by atoms with Gasteiger partial charge < -0.3 is 15.0 Å². The molecule has 1 amide bonds. The van der Waals surface area contributed by atoms with Gasteiger partial charge in [0, 0.05) is 25.0 Å². The van der Waals surface area contributed by atoms with Crippen LogP contribution in [0.25, 0.3) is 10.2 Å². The van der Waals surface area contributed by atoms with Gasteiger partial charge in [-0.15, -0.1) is 0 Å². The van der Waals surface area contributed by atoms with Gasteiger partial charge in [-0.3, -0.25) is 4.79 Å². The van der Waals surface area contributed by atoms with Crippen LogP contribution in [0.4, 0.5) is 5.13 Å². The third-order valence-corrected chi connectivity index (χ3v) is 6.23. The van der Waals surface area contributed by atoms with Gasteiger partial charge in [0.05, 0.1) is 16.8 Å². The van der Waals surface area contributed by atoms with Crippen LogP contribution in [0.3, 0.4) is 0 Å². The van der Waals surface area contributed by atoms with Gasteiger partial charge in [-0.25, -0.2) is 4.98 Å². The van der Waals surface area contributed by atoms with E-state index in [0.717, 1.165) is 59.9 Å². The first-order valence-corrected chi connectivity index (χ1v) is 9.53. The van der Waals surface area contributed by atoms with Crippen LogP contribution in [0.15, 0.2) is 12.1 Å². The second kappa shape index (κ2) is 6.41. The van der Waals surface area contributed by atoms with Gasteiger partial charge in [-0.2, -0.15) is 0 Å². The monoisotopic (exact) mass is 365 g/mol. The number of halogens is 1. The summed E-state index contributed by atoms with van der Waals surface area (Å²) in [7, 11) is 1.64. The van der Waals surface area contributed by atoms with E-state index in [2.05, 4.69) is 10.2 Å². The highest BCUT2D eigenvalue weighted by Gasteiger charge is 2.32. The van der Waals surface area contributed by atoms with Crippen molar-refractivity contribution in [1.29, 1.82) is 0 Å². The lowest BCUT2D eigenvalue weighted by atomic mass is 10.1. The van der Waals surface area contributed by atoms with Crippen LogP contribution in [0, 0.1) is 5.92 Å². The number of anilines is 1. The molecule has 0 spiro atoms. The Morgan fingerprint density at radius 3 is 3.00 bits per heavy atom. The van der Waals surface area contributed by atoms with Gasteiger partial charge in [0.25, 0.3) is 0 Å². The Hall–Kier alpha value is -1.53. The fraction of sp³-hybridized carbons (Fsp3) is 0.529. The maximum Gasteiger partial charge on any atom is 0.223 e. The van der Waals surface area contributed by atoms with E-state index in [9.17, 15) is 4.79 Å². The van der Waals surface area contributed by atoms with Crippen molar-refractivity contribution >= 4 is 44.2 Å². The molecule has 0 radical (unpaired) electrons. The highest BCUT2D eigenvalue weighted by molar-refractivity contribution is 7.22. The number of carbonyl (C=O) groups excluding carboxylic acids is 1. The van der Waals surface area contributed by atoms with E-state index in [-0.39, 0.29) is 17.9 Å². The standard InChI is InChI=1S/C17H20ClN3O2S/c1-23-13-7-6-12(18)15-14(13)20-17(24-15)21-8-2-3-11(9-21)19-16(22)10-4-5-10/h6-7,10-11H,2-5,8-9H2,1H3,(H,19,22). The van der Waals surface area contributed by atoms with E-state index in [4.69, 9.17) is 21.3 Å². The van der Waals surface area contributed by atoms with Crippen LogP contribution < -0.4 is 15.0 Å². The minimum absolute atomic E-state index is 0.205. The number of amides is 1. The van der Waals surface area contributed by atoms with Crippen LogP contribution >= 0.6 is 22.9 Å². The Kier molecular flexibility index (Phi) is 4.26. The summed E-state index contributed by atoms with van der Waals surface area (Å²) < 4.78 is 6.35. The van der Waals surface area contributed by atoms with Crippen LogP contribution in [0.1, 0.15) is 25.7 Å². The summed E-state index contributed by atoms with van der Waals surface area (Å²) in [6.07, 6.45) is 4.16. The number of carbonyl (C=O) groups is 1. The second-order valence-corrected chi connectivity index (χ2v) is 7.88. The van der Waals surface area contributed by atoms with E-state index in [0.29, 0.717) is 5.02 Å². The van der Waals surface area contributed by atoms with E-state index < -0.39 is 0 Å². The summed E-state index contributed by atoms with van der Waals surface area (Å²) in [5.74, 6) is 1.22. The van der Waals surface area contributed by atoms with Gasteiger partial charge in [0.1, 0.15) is 11.3 Å². The summed E-state index contributed by atoms with van der Waals surface area (Å²) in [4.78, 5) is 19.0. The van der Waals surface area contributed by atoms with Crippen LogP contribution in [0.2, 0.25) is 5.02 Å². The molecule has 0 bridgehead atoms. The average Bonchev–Trinajstić information content (AvgIpc) is 3.34. The Balaban J connectivity index is 1.55. The molecule has 2 heterocycles. The highest BCUT2D eigenvalue weighted by Crippen LogP contribution is 2.39. The number of rotatable bonds is 4. The largest absolute Gasteiger partial charge is 0.494 e. The molecule has 1 saturated carbocycles. The van der Waals surface area contributed by atoms with Crippen LogP contribution in [-0.2, 0) is 4.79 Å². The number of nitrogens with one attached hydrogen (secondary N) is 1. The molecular formula is C17H20ClN3O2S. The molecular weight excluding hydrogens is 346 g/mol. The lowest BCUT2D eigenvalue weighted by Gasteiger charge is -2.33. The second-order valence-electron chi connectivity index (χ2n) is 6.49. The van der Waals surface area contributed by atoms with Crippen molar-refractivity contribution in [2.75, 3.05) is 25.1 Å². The van der Waals surface area contributed by atoms with Gasteiger partial charge in [0.2, 0.25) is 5.91 Å². The first-order valence-electron chi connectivity index (χ1n) is 8.34. The first kappa shape index (κ1) is 16.0. The molecule has 1 aromatic heterocycles. The van der Waals surface area contributed by atoms with Gasteiger partial charge >= 0.3 is 0 Å². The molecule has 1 atom stereocenters. The Labute approximate surface area is 149 Å². The number of hydrogen-bond donors (Lipinski definition) is 1. The predicted molar refractivity (Wildman–Crippen MR) is 97.3 cm³/mol. The fourth-order valence-corrected chi connectivity index (χ4v) is 4.47. The number of ether oxygens (including phenoxy) is 1. The molecule has 1 aliphatic heterocycles. The molecule has 24 heavy (non-hydrogen) atoms. The van der Waals surface area contributed by atoms with Crippen molar-refractivity contribution in [3.05, 3.63) is 17.2 Å². The number of thiazole rings is 1. The molecule has 1 aromatic carbocycles. The van der Waals surface area contributed by atoms with Gasteiger partial charge in [-0.05, 0) is 37.8 Å². The van der Waals surface area contributed by atoms with E-state index in [1.807, 2.05) is 12.1 Å². The zero-order valence-corrected chi connectivity index (χ0v) is 15.1. The SMILES string of the molecule is COc1ccc(Cl)c2sc(N3CCCC(NC(=O)C4CC4)C3)nc12. The molecule has 128 valence electrons. The number of fused-ring (bicyclic) bond motifs is 1. The van der Waals surface area contributed by atoms with Crippen molar-refractivity contribution in [2.45, 2.75) is 31.7 Å². The molecule has 2 aromatic rings. The van der Waals surface area contributed by atoms with Gasteiger partial charge in [-0.1, -0.05) is 22.9 Å². The number of hydrogen-bond acceptors (Lipinski definition) is 5. The quantitative estimate of drug-likeness (QED) is 0.901. The zero-order valence-electron chi connectivity index (χ0n) is 13.5. The lowest BCUT2D eigenvalue weighted by Crippen LogP contribution is -2.48. The maximum atomic E-state index is 12.0. The summed E-state index contributed by atoms with van der Waals surface area (Å²) in [6, 6.07) is 3.90. The molecule has 1 aliphatic carbocycles. The number of aromatic nitrogens is 1. The third-order valence-electron chi connectivity index (χ3n) is 4.65. The number of methoxy groups -OCH3 is 1. The normalized spacial score (nSPS) is 21.1. The molecule has 1 unspecified atom stereocenters. The molecule has 5 nitrogen and oxygen atoms in total. The summed E-state index contributed by atoms with van der Waals surface area (Å²) in [6.45, 7) is 1.76. The number of benzene rings is 1. The molecule has 4 rings (SSSR count). The van der Waals surface area contributed by atoms with E-state index in [1.54, 1.807) is 18.4 Å². The molecule has 1 N–H and O–H groups in total. The maximum absolute atomic E-state index is 12.0. The van der Waals surface area contributed by atoms with E-state index in [1.165, 1.54) is 0 Å². The highest BCUT2D eigenvalue weighted by atomic mass is 35.5.